The van der Waals surface area contributed by atoms with Crippen molar-refractivity contribution in [1.29, 1.82) is 0 Å². The van der Waals surface area contributed by atoms with Crippen LogP contribution in [0, 0.1) is 5.92 Å². The number of aryl methyl sites for hydroxylation is 2. The predicted molar refractivity (Wildman–Crippen MR) is 184 cm³/mol. The molecule has 1 saturated heterocycles. The first-order valence-electron chi connectivity index (χ1n) is 16.3. The van der Waals surface area contributed by atoms with Gasteiger partial charge in [0.25, 0.3) is 0 Å². The Balaban J connectivity index is 0.000000390. The monoisotopic (exact) mass is 763 g/mol. The van der Waals surface area contributed by atoms with Crippen LogP contribution in [0.15, 0.2) is 73.2 Å². The molecule has 1 fully saturated rings. The molecule has 2 aromatic heterocycles. The van der Waals surface area contributed by atoms with Gasteiger partial charge in [0.15, 0.2) is 5.82 Å². The van der Waals surface area contributed by atoms with Gasteiger partial charge >= 0.3 is 30.0 Å². The molecule has 2 aliphatic heterocycles. The van der Waals surface area contributed by atoms with Crippen LogP contribution in [0.4, 0.5) is 60.0 Å². The Hall–Kier alpha value is -5.45. The fourth-order valence-electron chi connectivity index (χ4n) is 5.49. The van der Waals surface area contributed by atoms with Gasteiger partial charge in [0.2, 0.25) is 5.95 Å². The molecular weight excluding hydrogens is 732 g/mol. The number of pyridine rings is 1. The number of nitrogens with zero attached hydrogens (tertiary/aromatic N) is 4. The molecule has 18 heteroatoms. The zero-order valence-electron chi connectivity index (χ0n) is 27.7. The van der Waals surface area contributed by atoms with Crippen LogP contribution in [0.2, 0.25) is 5.02 Å². The number of halogens is 7. The minimum Gasteiger partial charge on any atom is -0.493 e. The lowest BCUT2D eigenvalue weighted by molar-refractivity contribution is -0.193. The number of alkyl halides is 6. The number of para-hydroxylation sites is 1. The van der Waals surface area contributed by atoms with Gasteiger partial charge in [-0.05, 0) is 85.5 Å². The number of piperidine rings is 1. The smallest absolute Gasteiger partial charge is 0.458 e. The number of aromatic nitrogens is 3. The molecule has 280 valence electrons. The van der Waals surface area contributed by atoms with E-state index >= 15 is 0 Å². The summed E-state index contributed by atoms with van der Waals surface area (Å²) in [6.45, 7) is 2.14. The van der Waals surface area contributed by atoms with Crippen LogP contribution in [-0.2, 0) is 22.4 Å². The van der Waals surface area contributed by atoms with Gasteiger partial charge in [-0.2, -0.15) is 31.3 Å². The Morgan fingerprint density at radius 3 is 2.25 bits per heavy atom. The highest BCUT2D eigenvalue weighted by atomic mass is 35.5. The first-order valence-corrected chi connectivity index (χ1v) is 16.6. The van der Waals surface area contributed by atoms with Gasteiger partial charge < -0.3 is 25.6 Å². The van der Waals surface area contributed by atoms with Gasteiger partial charge in [0, 0.05) is 30.7 Å². The van der Waals surface area contributed by atoms with Crippen molar-refractivity contribution in [2.75, 3.05) is 35.6 Å². The average Bonchev–Trinajstić information content (AvgIpc) is 3.12. The third-order valence-corrected chi connectivity index (χ3v) is 8.51. The van der Waals surface area contributed by atoms with Crippen LogP contribution in [0.3, 0.4) is 0 Å². The zero-order valence-corrected chi connectivity index (χ0v) is 28.5. The molecule has 0 atom stereocenters. The molecule has 0 aliphatic carbocycles. The van der Waals surface area contributed by atoms with Crippen LogP contribution < -0.4 is 20.7 Å². The standard InChI is InChI=1S/C31H32ClN7O2.C4F6O2/c32-27-20-34-30-36-26-16-22(18-33-19-26)6-7-23-17-25(35-29(27)38-30)8-9-28(23)41-15-12-21-10-13-39(14-11-21)31(40)37-24-4-2-1-3-5-24;5-3(6,7)1(11)2(12)4(8,9)10/h1-5,8-9,16-21H,6-7,10-15H2,(H,37,40)(H2,34,35,36,38);. The van der Waals surface area contributed by atoms with E-state index in [4.69, 9.17) is 16.3 Å². The lowest BCUT2D eigenvalue weighted by Gasteiger charge is -2.32. The van der Waals surface area contributed by atoms with Gasteiger partial charge in [0.1, 0.15) is 10.8 Å². The van der Waals surface area contributed by atoms with Crippen LogP contribution >= 0.6 is 11.6 Å². The summed E-state index contributed by atoms with van der Waals surface area (Å²) in [5.74, 6) is -4.45. The van der Waals surface area contributed by atoms with Gasteiger partial charge in [-0.1, -0.05) is 29.8 Å². The highest BCUT2D eigenvalue weighted by Crippen LogP contribution is 2.31. The summed E-state index contributed by atoms with van der Waals surface area (Å²) in [6.07, 6.45) is -1.83. The van der Waals surface area contributed by atoms with E-state index in [0.717, 1.165) is 79.1 Å². The minimum atomic E-state index is -5.77. The molecule has 6 bridgehead atoms. The van der Waals surface area contributed by atoms with Crippen molar-refractivity contribution >= 4 is 58.0 Å². The number of fused-ring (bicyclic) bond motifs is 6. The number of likely N-dealkylation sites (tertiary alicyclic amines) is 1. The van der Waals surface area contributed by atoms with Crippen LogP contribution in [-0.4, -0.2) is 69.5 Å². The Bertz CT molecular complexity index is 1900. The number of anilines is 5. The Morgan fingerprint density at radius 2 is 1.57 bits per heavy atom. The van der Waals surface area contributed by atoms with E-state index in [1.165, 1.54) is 0 Å². The van der Waals surface area contributed by atoms with E-state index in [-0.39, 0.29) is 6.03 Å². The Kier molecular flexibility index (Phi) is 12.4. The van der Waals surface area contributed by atoms with Crippen molar-refractivity contribution in [2.24, 2.45) is 5.92 Å². The third-order valence-electron chi connectivity index (χ3n) is 8.23. The summed E-state index contributed by atoms with van der Waals surface area (Å²) in [6, 6.07) is 17.7. The first kappa shape index (κ1) is 38.8. The number of hydrogen-bond donors (Lipinski definition) is 3. The van der Waals surface area contributed by atoms with Gasteiger partial charge in [0.05, 0.1) is 24.7 Å². The maximum atomic E-state index is 12.6. The number of urea groups is 1. The topological polar surface area (TPSA) is 138 Å². The zero-order chi connectivity index (χ0) is 38.2. The highest BCUT2D eigenvalue weighted by molar-refractivity contribution is 6.41. The van der Waals surface area contributed by atoms with Crippen molar-refractivity contribution in [3.63, 3.8) is 0 Å². The maximum Gasteiger partial charge on any atom is 0.458 e. The molecule has 4 aromatic rings. The van der Waals surface area contributed by atoms with E-state index in [0.29, 0.717) is 29.3 Å². The molecule has 4 heterocycles. The van der Waals surface area contributed by atoms with Crippen LogP contribution in [0.5, 0.6) is 5.75 Å². The average molecular weight is 764 g/mol. The molecule has 11 nitrogen and oxygen atoms in total. The lowest BCUT2D eigenvalue weighted by Crippen LogP contribution is -2.41. The van der Waals surface area contributed by atoms with E-state index in [1.54, 1.807) is 12.4 Å². The van der Waals surface area contributed by atoms with Crippen LogP contribution in [0.25, 0.3) is 0 Å². The van der Waals surface area contributed by atoms with E-state index in [2.05, 4.69) is 43.0 Å². The largest absolute Gasteiger partial charge is 0.493 e. The molecule has 0 spiro atoms. The molecule has 6 rings (SSSR count). The van der Waals surface area contributed by atoms with Gasteiger partial charge in [-0.25, -0.2) is 9.78 Å². The molecule has 2 aliphatic rings. The molecule has 2 amide bonds. The first-order chi connectivity index (χ1) is 25.2. The molecule has 0 radical (unpaired) electrons. The van der Waals surface area contributed by atoms with Crippen molar-refractivity contribution in [2.45, 2.75) is 44.5 Å². The number of benzene rings is 2. The Labute approximate surface area is 304 Å². The molecule has 3 N–H and O–H groups in total. The van der Waals surface area contributed by atoms with Crippen LogP contribution in [0.1, 0.15) is 30.4 Å². The number of ether oxygens (including phenoxy) is 1. The molecule has 53 heavy (non-hydrogen) atoms. The number of Topliss-reactive ketones (excluding diaryl/α,β-unsaturated/α-hetero) is 2. The number of carbonyl (C=O) groups is 3. The lowest BCUT2D eigenvalue weighted by atomic mass is 9.94. The summed E-state index contributed by atoms with van der Waals surface area (Å²) < 4.78 is 73.3. The number of ketones is 2. The third kappa shape index (κ3) is 11.0. The van der Waals surface area contributed by atoms with E-state index in [1.807, 2.05) is 53.6 Å². The summed E-state index contributed by atoms with van der Waals surface area (Å²) in [5, 5.41) is 9.96. The fraction of sp³-hybridized carbons (Fsp3) is 0.314. The van der Waals surface area contributed by atoms with Crippen molar-refractivity contribution in [1.82, 2.24) is 19.9 Å². The summed E-state index contributed by atoms with van der Waals surface area (Å²) in [4.78, 5) is 47.0. The summed E-state index contributed by atoms with van der Waals surface area (Å²) in [5.41, 5.74) is 4.73. The molecular formula is C35H32ClF6N7O4. The highest BCUT2D eigenvalue weighted by Gasteiger charge is 2.54. The number of hydrogen-bond acceptors (Lipinski definition) is 9. The number of carbonyl (C=O) groups excluding carboxylic acids is 3. The number of nitrogens with one attached hydrogen (secondary N) is 3. The summed E-state index contributed by atoms with van der Waals surface area (Å²) >= 11 is 6.39. The van der Waals surface area contributed by atoms with Crippen molar-refractivity contribution in [3.05, 3.63) is 89.3 Å². The molecule has 2 aromatic carbocycles. The quantitative estimate of drug-likeness (QED) is 0.132. The number of rotatable bonds is 6. The molecule has 0 saturated carbocycles. The summed E-state index contributed by atoms with van der Waals surface area (Å²) in [7, 11) is 0. The second kappa shape index (κ2) is 16.9. The maximum absolute atomic E-state index is 12.6. The predicted octanol–water partition coefficient (Wildman–Crippen LogP) is 8.07. The van der Waals surface area contributed by atoms with Crippen molar-refractivity contribution in [3.8, 4) is 5.75 Å². The second-order valence-electron chi connectivity index (χ2n) is 12.1. The van der Waals surface area contributed by atoms with Crippen molar-refractivity contribution < 1.29 is 45.5 Å². The SMILES string of the molecule is O=C(C(=O)C(F)(F)F)C(F)(F)F.O=C(Nc1ccccc1)N1CCC(CCOc2ccc3cc2CCc2cncc(c2)Nc2ncc(Cl)c(n2)N3)CC1. The second-order valence-corrected chi connectivity index (χ2v) is 12.5. The Morgan fingerprint density at radius 1 is 0.868 bits per heavy atom. The number of amides is 2. The van der Waals surface area contributed by atoms with Gasteiger partial charge in [-0.3, -0.25) is 14.6 Å². The molecule has 0 unspecified atom stereocenters. The van der Waals surface area contributed by atoms with Gasteiger partial charge in [-0.15, -0.1) is 0 Å². The minimum absolute atomic E-state index is 0.0319. The van der Waals surface area contributed by atoms with E-state index < -0.39 is 23.9 Å². The fourth-order valence-corrected chi connectivity index (χ4v) is 5.63. The normalized spacial score (nSPS) is 14.4. The van der Waals surface area contributed by atoms with E-state index in [9.17, 15) is 40.7 Å².